The van der Waals surface area contributed by atoms with Gasteiger partial charge in [0.15, 0.2) is 0 Å². The smallest absolute Gasteiger partial charge is 0.243 e. The second kappa shape index (κ2) is 6.42. The van der Waals surface area contributed by atoms with Gasteiger partial charge in [0, 0.05) is 6.20 Å². The second-order valence-corrected chi connectivity index (χ2v) is 5.55. The number of aromatic nitrogens is 1. The molecule has 0 bridgehead atoms. The highest BCUT2D eigenvalue weighted by molar-refractivity contribution is 7.89. The molecule has 0 aliphatic carbocycles. The van der Waals surface area contributed by atoms with Crippen molar-refractivity contribution < 1.29 is 8.42 Å². The zero-order valence-electron chi connectivity index (χ0n) is 9.72. The Balaban J connectivity index is 3.11. The molecule has 0 spiro atoms. The molecule has 1 heterocycles. The SMILES string of the molecule is C#CCN(CC#CC)S(=O)(=O)c1ccc(Cl)nc1. The van der Waals surface area contributed by atoms with Crippen LogP contribution in [0.2, 0.25) is 5.15 Å². The van der Waals surface area contributed by atoms with Gasteiger partial charge in [0.2, 0.25) is 10.0 Å². The largest absolute Gasteiger partial charge is 0.246 e. The van der Waals surface area contributed by atoms with E-state index in [0.717, 1.165) is 4.31 Å². The molecule has 0 amide bonds. The van der Waals surface area contributed by atoms with E-state index in [9.17, 15) is 8.42 Å². The minimum atomic E-state index is -3.69. The summed E-state index contributed by atoms with van der Waals surface area (Å²) in [7, 11) is -3.69. The quantitative estimate of drug-likeness (QED) is 0.619. The predicted molar refractivity (Wildman–Crippen MR) is 70.3 cm³/mol. The van der Waals surface area contributed by atoms with E-state index >= 15 is 0 Å². The van der Waals surface area contributed by atoms with Crippen molar-refractivity contribution in [1.29, 1.82) is 0 Å². The molecule has 0 fully saturated rings. The second-order valence-electron chi connectivity index (χ2n) is 3.22. The van der Waals surface area contributed by atoms with Gasteiger partial charge in [-0.25, -0.2) is 13.4 Å². The van der Waals surface area contributed by atoms with Crippen molar-refractivity contribution in [2.75, 3.05) is 13.1 Å². The first-order valence-electron chi connectivity index (χ1n) is 4.97. The lowest BCUT2D eigenvalue weighted by Gasteiger charge is -2.16. The highest BCUT2D eigenvalue weighted by Crippen LogP contribution is 2.15. The van der Waals surface area contributed by atoms with Crippen LogP contribution in [-0.2, 0) is 10.0 Å². The third-order valence-electron chi connectivity index (χ3n) is 2.04. The molecule has 1 rings (SSSR count). The van der Waals surface area contributed by atoms with Gasteiger partial charge in [-0.05, 0) is 19.1 Å². The number of terminal acetylenes is 1. The van der Waals surface area contributed by atoms with Gasteiger partial charge < -0.3 is 0 Å². The monoisotopic (exact) mass is 282 g/mol. The first-order chi connectivity index (χ1) is 8.52. The lowest BCUT2D eigenvalue weighted by atomic mass is 10.5. The van der Waals surface area contributed by atoms with Crippen LogP contribution in [0.25, 0.3) is 0 Å². The van der Waals surface area contributed by atoms with E-state index in [1.807, 2.05) is 0 Å². The normalized spacial score (nSPS) is 10.6. The van der Waals surface area contributed by atoms with E-state index in [1.54, 1.807) is 6.92 Å². The fourth-order valence-electron chi connectivity index (χ4n) is 1.16. The van der Waals surface area contributed by atoms with Gasteiger partial charge in [-0.15, -0.1) is 12.3 Å². The molecule has 0 atom stereocenters. The van der Waals surface area contributed by atoms with Crippen LogP contribution in [-0.4, -0.2) is 30.8 Å². The summed E-state index contributed by atoms with van der Waals surface area (Å²) in [4.78, 5) is 3.78. The molecule has 0 aliphatic rings. The van der Waals surface area contributed by atoms with Crippen LogP contribution in [0.3, 0.4) is 0 Å². The van der Waals surface area contributed by atoms with Crippen LogP contribution < -0.4 is 0 Å². The number of halogens is 1. The van der Waals surface area contributed by atoms with Crippen LogP contribution in [0.5, 0.6) is 0 Å². The summed E-state index contributed by atoms with van der Waals surface area (Å²) >= 11 is 5.61. The summed E-state index contributed by atoms with van der Waals surface area (Å²) in [6, 6.07) is 2.79. The van der Waals surface area contributed by atoms with Crippen LogP contribution in [0, 0.1) is 24.2 Å². The number of pyridine rings is 1. The summed E-state index contributed by atoms with van der Waals surface area (Å²) in [5, 5.41) is 0.228. The topological polar surface area (TPSA) is 50.3 Å². The van der Waals surface area contributed by atoms with Crippen molar-refractivity contribution in [2.24, 2.45) is 0 Å². The van der Waals surface area contributed by atoms with Crippen molar-refractivity contribution in [2.45, 2.75) is 11.8 Å². The van der Waals surface area contributed by atoms with Gasteiger partial charge in [0.05, 0.1) is 13.1 Å². The van der Waals surface area contributed by atoms with Gasteiger partial charge in [-0.1, -0.05) is 23.4 Å². The summed E-state index contributed by atoms with van der Waals surface area (Å²) in [6.07, 6.45) is 6.35. The molecule has 0 saturated carbocycles. The first-order valence-corrected chi connectivity index (χ1v) is 6.79. The van der Waals surface area contributed by atoms with Crippen molar-refractivity contribution in [3.8, 4) is 24.2 Å². The van der Waals surface area contributed by atoms with E-state index in [1.165, 1.54) is 18.3 Å². The highest BCUT2D eigenvalue weighted by atomic mass is 35.5. The summed E-state index contributed by atoms with van der Waals surface area (Å²) in [6.45, 7) is 1.63. The molecule has 0 unspecified atom stereocenters. The van der Waals surface area contributed by atoms with Crippen LogP contribution in [0.1, 0.15) is 6.92 Å². The van der Waals surface area contributed by atoms with E-state index in [0.29, 0.717) is 0 Å². The lowest BCUT2D eigenvalue weighted by molar-refractivity contribution is 0.482. The van der Waals surface area contributed by atoms with E-state index in [4.69, 9.17) is 18.0 Å². The molecule has 6 heteroatoms. The Labute approximate surface area is 112 Å². The molecular weight excluding hydrogens is 272 g/mol. The maximum absolute atomic E-state index is 12.2. The lowest BCUT2D eigenvalue weighted by Crippen LogP contribution is -2.32. The van der Waals surface area contributed by atoms with Gasteiger partial charge in [0.25, 0.3) is 0 Å². The maximum Gasteiger partial charge on any atom is 0.246 e. The number of hydrogen-bond acceptors (Lipinski definition) is 3. The van der Waals surface area contributed by atoms with E-state index < -0.39 is 10.0 Å². The highest BCUT2D eigenvalue weighted by Gasteiger charge is 2.23. The van der Waals surface area contributed by atoms with Crippen LogP contribution >= 0.6 is 11.6 Å². The molecule has 0 N–H and O–H groups in total. The molecule has 4 nitrogen and oxygen atoms in total. The molecule has 0 radical (unpaired) electrons. The zero-order valence-corrected chi connectivity index (χ0v) is 11.3. The molecule has 1 aromatic heterocycles. The number of nitrogens with zero attached hydrogens (tertiary/aromatic N) is 2. The van der Waals surface area contributed by atoms with Gasteiger partial charge in [-0.2, -0.15) is 4.31 Å². The fraction of sp³-hybridized carbons (Fsp3) is 0.250. The molecular formula is C12H11ClN2O2S. The average Bonchev–Trinajstić information content (AvgIpc) is 2.35. The minimum Gasteiger partial charge on any atom is -0.243 e. The minimum absolute atomic E-state index is 0.0417. The number of rotatable bonds is 4. The summed E-state index contributed by atoms with van der Waals surface area (Å²) in [5.74, 6) is 7.60. The summed E-state index contributed by atoms with van der Waals surface area (Å²) < 4.78 is 25.5. The van der Waals surface area contributed by atoms with Crippen molar-refractivity contribution in [1.82, 2.24) is 9.29 Å². The standard InChI is InChI=1S/C12H11ClN2O2S/c1-3-5-9-15(8-4-2)18(16,17)11-6-7-12(13)14-10-11/h2,6-7,10H,8-9H2,1H3. The Morgan fingerprint density at radius 2 is 2.17 bits per heavy atom. The van der Waals surface area contributed by atoms with Crippen molar-refractivity contribution in [3.05, 3.63) is 23.5 Å². The number of sulfonamides is 1. The van der Waals surface area contributed by atoms with Gasteiger partial charge in [0.1, 0.15) is 10.0 Å². The third kappa shape index (κ3) is 3.48. The Morgan fingerprint density at radius 3 is 2.67 bits per heavy atom. The van der Waals surface area contributed by atoms with E-state index in [-0.39, 0.29) is 23.1 Å². The van der Waals surface area contributed by atoms with E-state index in [2.05, 4.69) is 22.7 Å². The number of hydrogen-bond donors (Lipinski definition) is 0. The Bertz CT molecular complexity index is 606. The molecule has 94 valence electrons. The Hall–Kier alpha value is -1.53. The van der Waals surface area contributed by atoms with Crippen molar-refractivity contribution >= 4 is 21.6 Å². The molecule has 18 heavy (non-hydrogen) atoms. The Morgan fingerprint density at radius 1 is 1.44 bits per heavy atom. The maximum atomic E-state index is 12.2. The molecule has 0 saturated heterocycles. The average molecular weight is 283 g/mol. The molecule has 0 aliphatic heterocycles. The fourth-order valence-corrected chi connectivity index (χ4v) is 2.47. The first kappa shape index (κ1) is 14.5. The zero-order chi connectivity index (χ0) is 13.6. The van der Waals surface area contributed by atoms with Crippen LogP contribution in [0.4, 0.5) is 0 Å². The van der Waals surface area contributed by atoms with Gasteiger partial charge >= 0.3 is 0 Å². The molecule has 0 aromatic carbocycles. The van der Waals surface area contributed by atoms with Crippen molar-refractivity contribution in [3.63, 3.8) is 0 Å². The third-order valence-corrected chi connectivity index (χ3v) is 4.04. The summed E-state index contributed by atoms with van der Waals surface area (Å²) in [5.41, 5.74) is 0. The Kier molecular flexibility index (Phi) is 5.18. The van der Waals surface area contributed by atoms with Crippen LogP contribution in [0.15, 0.2) is 23.2 Å². The molecule has 1 aromatic rings. The van der Waals surface area contributed by atoms with Gasteiger partial charge in [-0.3, -0.25) is 0 Å². The predicted octanol–water partition coefficient (Wildman–Crippen LogP) is 1.38.